The Hall–Kier alpha value is -0.610. The van der Waals surface area contributed by atoms with Crippen LogP contribution in [-0.2, 0) is 19.0 Å². The van der Waals surface area contributed by atoms with Crippen LogP contribution in [-0.4, -0.2) is 31.6 Å². The Morgan fingerprint density at radius 1 is 1.06 bits per heavy atom. The SMILES string of the molecule is CCCOC(OCCC)C(=O)OC(C)CC. The van der Waals surface area contributed by atoms with Crippen molar-refractivity contribution in [2.24, 2.45) is 0 Å². The second-order valence-corrected chi connectivity index (χ2v) is 3.73. The lowest BCUT2D eigenvalue weighted by molar-refractivity contribution is -0.199. The van der Waals surface area contributed by atoms with E-state index in [1.807, 2.05) is 27.7 Å². The Balaban J connectivity index is 4.08. The van der Waals surface area contributed by atoms with Crippen LogP contribution < -0.4 is 0 Å². The number of hydrogen-bond acceptors (Lipinski definition) is 4. The van der Waals surface area contributed by atoms with Crippen LogP contribution in [0.4, 0.5) is 0 Å². The molecule has 0 aliphatic rings. The predicted octanol–water partition coefficient (Wildman–Crippen LogP) is 2.51. The topological polar surface area (TPSA) is 44.8 Å². The van der Waals surface area contributed by atoms with Gasteiger partial charge in [0.25, 0.3) is 6.29 Å². The third-order valence-corrected chi connectivity index (χ3v) is 2.03. The van der Waals surface area contributed by atoms with Gasteiger partial charge in [-0.3, -0.25) is 0 Å². The molecule has 0 aromatic carbocycles. The molecule has 0 radical (unpaired) electrons. The van der Waals surface area contributed by atoms with Crippen molar-refractivity contribution in [2.45, 2.75) is 59.4 Å². The molecule has 0 bridgehead atoms. The summed E-state index contributed by atoms with van der Waals surface area (Å²) in [4.78, 5) is 11.7. The Labute approximate surface area is 98.3 Å². The van der Waals surface area contributed by atoms with E-state index < -0.39 is 12.3 Å². The van der Waals surface area contributed by atoms with Crippen LogP contribution in [0.3, 0.4) is 0 Å². The lowest BCUT2D eigenvalue weighted by atomic mass is 10.3. The fourth-order valence-corrected chi connectivity index (χ4v) is 0.971. The van der Waals surface area contributed by atoms with Gasteiger partial charge in [0.05, 0.1) is 19.3 Å². The third-order valence-electron chi connectivity index (χ3n) is 2.03. The van der Waals surface area contributed by atoms with Crippen LogP contribution in [0, 0.1) is 0 Å². The van der Waals surface area contributed by atoms with Gasteiger partial charge in [-0.15, -0.1) is 0 Å². The average Bonchev–Trinajstić information content (AvgIpc) is 2.28. The van der Waals surface area contributed by atoms with Crippen molar-refractivity contribution < 1.29 is 19.0 Å². The molecule has 96 valence electrons. The van der Waals surface area contributed by atoms with Gasteiger partial charge in [-0.2, -0.15) is 0 Å². The quantitative estimate of drug-likeness (QED) is 0.452. The summed E-state index contributed by atoms with van der Waals surface area (Å²) >= 11 is 0. The smallest absolute Gasteiger partial charge is 0.363 e. The van der Waals surface area contributed by atoms with E-state index in [0.717, 1.165) is 19.3 Å². The number of carbonyl (C=O) groups excluding carboxylic acids is 1. The van der Waals surface area contributed by atoms with Crippen molar-refractivity contribution in [3.8, 4) is 0 Å². The third kappa shape index (κ3) is 6.80. The Morgan fingerprint density at radius 3 is 1.94 bits per heavy atom. The first kappa shape index (κ1) is 15.4. The largest absolute Gasteiger partial charge is 0.459 e. The predicted molar refractivity (Wildman–Crippen MR) is 62.1 cm³/mol. The molecule has 0 aromatic rings. The van der Waals surface area contributed by atoms with Gasteiger partial charge in [-0.25, -0.2) is 4.79 Å². The van der Waals surface area contributed by atoms with Gasteiger partial charge in [0.15, 0.2) is 0 Å². The molecule has 0 aliphatic carbocycles. The molecule has 0 aromatic heterocycles. The minimum absolute atomic E-state index is 0.0922. The standard InChI is InChI=1S/C12H24O4/c1-5-8-14-12(15-9-6-2)11(13)16-10(4)7-3/h10,12H,5-9H2,1-4H3. The normalized spacial score (nSPS) is 12.8. The highest BCUT2D eigenvalue weighted by Gasteiger charge is 2.22. The van der Waals surface area contributed by atoms with Crippen LogP contribution >= 0.6 is 0 Å². The fourth-order valence-electron chi connectivity index (χ4n) is 0.971. The Kier molecular flexibility index (Phi) is 9.24. The van der Waals surface area contributed by atoms with Crippen LogP contribution in [0.1, 0.15) is 47.0 Å². The molecule has 0 N–H and O–H groups in total. The highest BCUT2D eigenvalue weighted by molar-refractivity contribution is 5.73. The van der Waals surface area contributed by atoms with Gasteiger partial charge in [-0.1, -0.05) is 20.8 Å². The monoisotopic (exact) mass is 232 g/mol. The zero-order valence-electron chi connectivity index (χ0n) is 10.8. The summed E-state index contributed by atoms with van der Waals surface area (Å²) in [5, 5.41) is 0. The highest BCUT2D eigenvalue weighted by Crippen LogP contribution is 2.05. The van der Waals surface area contributed by atoms with E-state index >= 15 is 0 Å². The van der Waals surface area contributed by atoms with E-state index in [1.54, 1.807) is 0 Å². The molecule has 0 fully saturated rings. The van der Waals surface area contributed by atoms with E-state index in [1.165, 1.54) is 0 Å². The van der Waals surface area contributed by atoms with Crippen molar-refractivity contribution in [3.63, 3.8) is 0 Å². The maximum atomic E-state index is 11.7. The Bertz CT molecular complexity index is 174. The summed E-state index contributed by atoms with van der Waals surface area (Å²) in [7, 11) is 0. The van der Waals surface area contributed by atoms with Gasteiger partial charge in [0, 0.05) is 0 Å². The number of esters is 1. The molecule has 0 amide bonds. The van der Waals surface area contributed by atoms with Crippen LogP contribution in [0.15, 0.2) is 0 Å². The molecule has 0 saturated carbocycles. The molecular formula is C12H24O4. The van der Waals surface area contributed by atoms with Crippen LogP contribution in [0.2, 0.25) is 0 Å². The zero-order chi connectivity index (χ0) is 12.4. The first-order valence-electron chi connectivity index (χ1n) is 6.09. The van der Waals surface area contributed by atoms with Gasteiger partial charge in [0.1, 0.15) is 0 Å². The van der Waals surface area contributed by atoms with Crippen molar-refractivity contribution in [2.75, 3.05) is 13.2 Å². The molecule has 4 heteroatoms. The first-order chi connectivity index (χ1) is 7.65. The molecule has 0 saturated heterocycles. The maximum Gasteiger partial charge on any atom is 0.363 e. The van der Waals surface area contributed by atoms with Crippen LogP contribution in [0.5, 0.6) is 0 Å². The molecule has 0 heterocycles. The van der Waals surface area contributed by atoms with E-state index in [2.05, 4.69) is 0 Å². The average molecular weight is 232 g/mol. The lowest BCUT2D eigenvalue weighted by Gasteiger charge is -2.19. The molecule has 0 aliphatic heterocycles. The van der Waals surface area contributed by atoms with Crippen molar-refractivity contribution in [1.82, 2.24) is 0 Å². The van der Waals surface area contributed by atoms with E-state index in [0.29, 0.717) is 13.2 Å². The fraction of sp³-hybridized carbons (Fsp3) is 0.917. The molecule has 16 heavy (non-hydrogen) atoms. The second-order valence-electron chi connectivity index (χ2n) is 3.73. The molecule has 4 nitrogen and oxygen atoms in total. The maximum absolute atomic E-state index is 11.7. The van der Waals surface area contributed by atoms with Gasteiger partial charge < -0.3 is 14.2 Å². The van der Waals surface area contributed by atoms with Gasteiger partial charge >= 0.3 is 5.97 Å². The zero-order valence-corrected chi connectivity index (χ0v) is 10.8. The summed E-state index contributed by atoms with van der Waals surface area (Å²) in [5.74, 6) is -0.420. The summed E-state index contributed by atoms with van der Waals surface area (Å²) in [5.41, 5.74) is 0. The summed E-state index contributed by atoms with van der Waals surface area (Å²) in [6.45, 7) is 8.79. The number of ether oxygens (including phenoxy) is 3. The number of hydrogen-bond donors (Lipinski definition) is 0. The first-order valence-corrected chi connectivity index (χ1v) is 6.09. The summed E-state index contributed by atoms with van der Waals surface area (Å²) in [6.07, 6.45) is 1.53. The minimum Gasteiger partial charge on any atom is -0.459 e. The molecule has 0 rings (SSSR count). The highest BCUT2D eigenvalue weighted by atomic mass is 16.7. The van der Waals surface area contributed by atoms with E-state index in [4.69, 9.17) is 14.2 Å². The Morgan fingerprint density at radius 2 is 1.56 bits per heavy atom. The molecule has 0 spiro atoms. The summed E-state index contributed by atoms with van der Waals surface area (Å²) < 4.78 is 15.8. The second kappa shape index (κ2) is 9.60. The molecule has 1 atom stereocenters. The van der Waals surface area contributed by atoms with Crippen LogP contribution in [0.25, 0.3) is 0 Å². The summed E-state index contributed by atoms with van der Waals surface area (Å²) in [6, 6.07) is 0. The van der Waals surface area contributed by atoms with Crippen molar-refractivity contribution in [1.29, 1.82) is 0 Å². The van der Waals surface area contributed by atoms with Crippen molar-refractivity contribution in [3.05, 3.63) is 0 Å². The van der Waals surface area contributed by atoms with E-state index in [9.17, 15) is 4.79 Å². The minimum atomic E-state index is -0.867. The lowest BCUT2D eigenvalue weighted by Crippen LogP contribution is -2.32. The van der Waals surface area contributed by atoms with Gasteiger partial charge in [0.2, 0.25) is 0 Å². The van der Waals surface area contributed by atoms with Gasteiger partial charge in [-0.05, 0) is 26.2 Å². The number of rotatable bonds is 9. The number of carbonyl (C=O) groups is 1. The molecule has 1 unspecified atom stereocenters. The molecular weight excluding hydrogens is 208 g/mol. The van der Waals surface area contributed by atoms with E-state index in [-0.39, 0.29) is 6.10 Å². The van der Waals surface area contributed by atoms with Crippen molar-refractivity contribution >= 4 is 5.97 Å².